The van der Waals surface area contributed by atoms with Gasteiger partial charge < -0.3 is 24.7 Å². The van der Waals surface area contributed by atoms with Crippen LogP contribution in [0.15, 0.2) is 115 Å². The van der Waals surface area contributed by atoms with E-state index in [-0.39, 0.29) is 44.5 Å². The van der Waals surface area contributed by atoms with Gasteiger partial charge in [-0.05, 0) is 41.5 Å². The summed E-state index contributed by atoms with van der Waals surface area (Å²) in [7, 11) is 0. The number of fused-ring (bicyclic) bond motifs is 2. The van der Waals surface area contributed by atoms with E-state index < -0.39 is 17.4 Å². The predicted molar refractivity (Wildman–Crippen MR) is 179 cm³/mol. The molecule has 0 aromatic heterocycles. The van der Waals surface area contributed by atoms with Gasteiger partial charge in [-0.3, -0.25) is 19.3 Å². The molecule has 0 fully saturated rings. The third kappa shape index (κ3) is 6.27. The number of para-hydroxylation sites is 3. The van der Waals surface area contributed by atoms with Crippen LogP contribution in [0.1, 0.15) is 30.0 Å². The van der Waals surface area contributed by atoms with Gasteiger partial charge in [0.15, 0.2) is 12.2 Å². The fourth-order valence-electron chi connectivity index (χ4n) is 6.28. The van der Waals surface area contributed by atoms with Gasteiger partial charge in [0.25, 0.3) is 11.8 Å². The molecule has 0 spiro atoms. The zero-order chi connectivity index (χ0) is 33.0. The Morgan fingerprint density at radius 3 is 2.43 bits per heavy atom. The standard InChI is InChI=1S/C38H37N3O6/c1-27(11-9-20-35(43)39(21-22-42)24-28-12-3-2-4-13-28)38(46)31-16-5-6-17-32(31)40(37(38)45)25-29-14-10-15-30(23-29)41-33-18-7-8-19-34(33)47-26-36(41)44/h2-19,23,27,42,46H,20-22,24-26H2,1H3/b11-9+/t27-,38+/m1/s1. The highest BCUT2D eigenvalue weighted by atomic mass is 16.5. The number of carbonyl (C=O) groups excluding carboxylic acids is 3. The molecule has 0 saturated heterocycles. The first-order valence-electron chi connectivity index (χ1n) is 15.7. The van der Waals surface area contributed by atoms with Gasteiger partial charge in [-0.1, -0.05) is 91.9 Å². The molecule has 3 amide bonds. The van der Waals surface area contributed by atoms with Crippen molar-refractivity contribution in [2.75, 3.05) is 29.6 Å². The topological polar surface area (TPSA) is 111 Å². The van der Waals surface area contributed by atoms with E-state index in [1.165, 1.54) is 0 Å². The number of nitrogens with zero attached hydrogens (tertiary/aromatic N) is 3. The van der Waals surface area contributed by atoms with Crippen molar-refractivity contribution >= 4 is 34.8 Å². The second kappa shape index (κ2) is 13.6. The Bertz CT molecular complexity index is 1810. The number of hydrogen-bond donors (Lipinski definition) is 2. The normalized spacial score (nSPS) is 17.8. The van der Waals surface area contributed by atoms with E-state index in [4.69, 9.17) is 4.74 Å². The maximum Gasteiger partial charge on any atom is 0.269 e. The predicted octanol–water partition coefficient (Wildman–Crippen LogP) is 5.08. The molecule has 6 rings (SSSR count). The fraction of sp³-hybridized carbons (Fsp3) is 0.237. The van der Waals surface area contributed by atoms with Crippen molar-refractivity contribution in [3.8, 4) is 5.75 Å². The number of amides is 3. The van der Waals surface area contributed by atoms with Crippen LogP contribution in [0.4, 0.5) is 17.1 Å². The van der Waals surface area contributed by atoms with E-state index >= 15 is 0 Å². The number of carbonyl (C=O) groups is 3. The van der Waals surface area contributed by atoms with Gasteiger partial charge in [0.2, 0.25) is 5.91 Å². The minimum atomic E-state index is -1.85. The molecule has 0 radical (unpaired) electrons. The maximum absolute atomic E-state index is 14.1. The molecule has 47 heavy (non-hydrogen) atoms. The minimum absolute atomic E-state index is 0.0585. The average molecular weight is 632 g/mol. The average Bonchev–Trinajstić information content (AvgIpc) is 3.31. The number of benzene rings is 4. The van der Waals surface area contributed by atoms with Crippen molar-refractivity contribution in [2.24, 2.45) is 5.92 Å². The summed E-state index contributed by atoms with van der Waals surface area (Å²) in [5.41, 5.74) is 2.30. The summed E-state index contributed by atoms with van der Waals surface area (Å²) < 4.78 is 5.60. The SMILES string of the molecule is C[C@H](/C=C/CC(=O)N(CCO)Cc1ccccc1)[C@@]1(O)C(=O)N(Cc2cccc(N3C(=O)COc4ccccc43)c2)c2ccccc21. The fourth-order valence-corrected chi connectivity index (χ4v) is 6.28. The number of rotatable bonds is 11. The largest absolute Gasteiger partial charge is 0.482 e. The zero-order valence-corrected chi connectivity index (χ0v) is 26.2. The highest BCUT2D eigenvalue weighted by Crippen LogP contribution is 2.46. The summed E-state index contributed by atoms with van der Waals surface area (Å²) in [5, 5.41) is 21.6. The monoisotopic (exact) mass is 631 g/mol. The molecule has 0 aliphatic carbocycles. The molecule has 9 nitrogen and oxygen atoms in total. The van der Waals surface area contributed by atoms with Gasteiger partial charge in [0, 0.05) is 36.7 Å². The molecule has 0 bridgehead atoms. The first kappa shape index (κ1) is 31.7. The molecular weight excluding hydrogens is 594 g/mol. The van der Waals surface area contributed by atoms with Gasteiger partial charge in [0.1, 0.15) is 5.75 Å². The van der Waals surface area contributed by atoms with E-state index in [0.29, 0.717) is 34.9 Å². The van der Waals surface area contributed by atoms with Crippen molar-refractivity contribution in [2.45, 2.75) is 32.0 Å². The first-order chi connectivity index (χ1) is 22.8. The first-order valence-corrected chi connectivity index (χ1v) is 15.7. The Labute approximate surface area is 273 Å². The zero-order valence-electron chi connectivity index (χ0n) is 26.2. The van der Waals surface area contributed by atoms with Crippen molar-refractivity contribution in [1.82, 2.24) is 4.90 Å². The third-order valence-corrected chi connectivity index (χ3v) is 8.71. The van der Waals surface area contributed by atoms with Gasteiger partial charge in [-0.2, -0.15) is 0 Å². The van der Waals surface area contributed by atoms with E-state index in [1.807, 2.05) is 91.0 Å². The lowest BCUT2D eigenvalue weighted by atomic mass is 9.83. The van der Waals surface area contributed by atoms with Crippen LogP contribution in [0.25, 0.3) is 0 Å². The highest BCUT2D eigenvalue weighted by molar-refractivity contribution is 6.07. The number of ether oxygens (including phenoxy) is 1. The Kier molecular flexibility index (Phi) is 9.19. The molecule has 4 aromatic rings. The van der Waals surface area contributed by atoms with Crippen molar-refractivity contribution in [3.05, 3.63) is 132 Å². The van der Waals surface area contributed by atoms with Crippen molar-refractivity contribution in [1.29, 1.82) is 0 Å². The molecule has 2 heterocycles. The maximum atomic E-state index is 14.1. The second-order valence-corrected chi connectivity index (χ2v) is 11.8. The molecule has 2 atom stereocenters. The quantitative estimate of drug-likeness (QED) is 0.224. The Hall–Kier alpha value is -5.25. The van der Waals surface area contributed by atoms with Crippen LogP contribution in [0.2, 0.25) is 0 Å². The molecule has 240 valence electrons. The molecule has 2 N–H and O–H groups in total. The number of aliphatic hydroxyl groups is 2. The smallest absolute Gasteiger partial charge is 0.269 e. The summed E-state index contributed by atoms with van der Waals surface area (Å²) in [5.74, 6) is -0.863. The van der Waals surface area contributed by atoms with Crippen LogP contribution in [0.3, 0.4) is 0 Å². The molecule has 2 aliphatic heterocycles. The van der Waals surface area contributed by atoms with Crippen LogP contribution in [0.5, 0.6) is 5.75 Å². The van der Waals surface area contributed by atoms with Crippen molar-refractivity contribution in [3.63, 3.8) is 0 Å². The van der Waals surface area contributed by atoms with Crippen LogP contribution < -0.4 is 14.5 Å². The molecule has 2 aliphatic rings. The molecular formula is C38H37N3O6. The number of hydrogen-bond acceptors (Lipinski definition) is 6. The van der Waals surface area contributed by atoms with Gasteiger partial charge in [-0.15, -0.1) is 0 Å². The molecule has 9 heteroatoms. The van der Waals surface area contributed by atoms with Crippen molar-refractivity contribution < 1.29 is 29.3 Å². The Morgan fingerprint density at radius 2 is 1.64 bits per heavy atom. The Morgan fingerprint density at radius 1 is 0.936 bits per heavy atom. The summed E-state index contributed by atoms with van der Waals surface area (Å²) in [6, 6.07) is 31.5. The van der Waals surface area contributed by atoms with E-state index in [1.54, 1.807) is 45.9 Å². The summed E-state index contributed by atoms with van der Waals surface area (Å²) in [6.45, 7) is 2.29. The van der Waals surface area contributed by atoms with E-state index in [9.17, 15) is 24.6 Å². The summed E-state index contributed by atoms with van der Waals surface area (Å²) in [4.78, 5) is 44.9. The van der Waals surface area contributed by atoms with E-state index in [2.05, 4.69) is 0 Å². The number of aliphatic hydroxyl groups excluding tert-OH is 1. The van der Waals surface area contributed by atoms with Crippen LogP contribution >= 0.6 is 0 Å². The van der Waals surface area contributed by atoms with Gasteiger partial charge in [-0.25, -0.2) is 0 Å². The molecule has 0 unspecified atom stereocenters. The molecule has 0 saturated carbocycles. The molecule has 4 aromatic carbocycles. The third-order valence-electron chi connectivity index (χ3n) is 8.71. The second-order valence-electron chi connectivity index (χ2n) is 11.8. The Balaban J connectivity index is 1.20. The van der Waals surface area contributed by atoms with Crippen LogP contribution in [-0.2, 0) is 33.1 Å². The number of anilines is 3. The lowest BCUT2D eigenvalue weighted by molar-refractivity contribution is -0.139. The highest BCUT2D eigenvalue weighted by Gasteiger charge is 2.52. The lowest BCUT2D eigenvalue weighted by Gasteiger charge is -2.30. The minimum Gasteiger partial charge on any atom is -0.482 e. The van der Waals surface area contributed by atoms with E-state index in [0.717, 1.165) is 11.1 Å². The van der Waals surface area contributed by atoms with Crippen LogP contribution in [0, 0.1) is 5.92 Å². The lowest BCUT2D eigenvalue weighted by Crippen LogP contribution is -2.44. The summed E-state index contributed by atoms with van der Waals surface area (Å²) in [6.07, 6.45) is 3.44. The van der Waals surface area contributed by atoms with Gasteiger partial charge >= 0.3 is 0 Å². The summed E-state index contributed by atoms with van der Waals surface area (Å²) >= 11 is 0. The van der Waals surface area contributed by atoms with Gasteiger partial charge in [0.05, 0.1) is 24.5 Å². The van der Waals surface area contributed by atoms with Crippen LogP contribution in [-0.4, -0.2) is 52.6 Å².